The highest BCUT2D eigenvalue weighted by Crippen LogP contribution is 2.22. The number of guanidine groups is 1. The minimum Gasteiger partial charge on any atom is -0.390 e. The number of piperidine rings is 1. The second-order valence-electron chi connectivity index (χ2n) is 6.29. The molecule has 0 bridgehead atoms. The highest BCUT2D eigenvalue weighted by atomic mass is 19.1. The van der Waals surface area contributed by atoms with Gasteiger partial charge in [-0.05, 0) is 50.2 Å². The lowest BCUT2D eigenvalue weighted by Gasteiger charge is -2.32. The molecule has 1 fully saturated rings. The molecule has 8 heteroatoms. The summed E-state index contributed by atoms with van der Waals surface area (Å²) in [6.45, 7) is 2.20. The molecule has 0 spiro atoms. The van der Waals surface area contributed by atoms with E-state index in [1.165, 1.54) is 24.3 Å². The molecule has 0 aromatic heterocycles. The molecule has 0 amide bonds. The van der Waals surface area contributed by atoms with Gasteiger partial charge in [0.25, 0.3) is 0 Å². The molecule has 1 atom stereocenters. The molecule has 1 aromatic carbocycles. The highest BCUT2D eigenvalue weighted by Gasteiger charge is 2.26. The van der Waals surface area contributed by atoms with Gasteiger partial charge in [0.15, 0.2) is 12.0 Å². The largest absolute Gasteiger partial charge is 0.390 e. The Morgan fingerprint density at radius 1 is 1.42 bits per heavy atom. The first-order valence-electron chi connectivity index (χ1n) is 8.59. The third-order valence-electron chi connectivity index (χ3n) is 4.46. The molecule has 0 saturated carbocycles. The molecule has 1 heterocycles. The number of rotatable bonds is 6. The van der Waals surface area contributed by atoms with Crippen LogP contribution in [0.2, 0.25) is 0 Å². The summed E-state index contributed by atoms with van der Waals surface area (Å²) in [6.07, 6.45) is 2.59. The van der Waals surface area contributed by atoms with E-state index in [0.29, 0.717) is 30.9 Å². The van der Waals surface area contributed by atoms with Gasteiger partial charge in [0.05, 0.1) is 6.10 Å². The van der Waals surface area contributed by atoms with E-state index >= 15 is 0 Å². The molecule has 1 aromatic rings. The molecule has 0 radical (unpaired) electrons. The summed E-state index contributed by atoms with van der Waals surface area (Å²) >= 11 is 0. The molecule has 1 unspecified atom stereocenters. The van der Waals surface area contributed by atoms with Crippen molar-refractivity contribution in [2.75, 3.05) is 33.2 Å². The van der Waals surface area contributed by atoms with Gasteiger partial charge in [0.1, 0.15) is 5.82 Å². The Kier molecular flexibility index (Phi) is 7.51. The number of benzene rings is 1. The second-order valence-corrected chi connectivity index (χ2v) is 6.29. The molecular formula is C18H24FN5O2. The summed E-state index contributed by atoms with van der Waals surface area (Å²) in [5, 5.41) is 23.9. The van der Waals surface area contributed by atoms with Gasteiger partial charge < -0.3 is 15.3 Å². The number of likely N-dealkylation sites (tertiary alicyclic amines) is 1. The van der Waals surface area contributed by atoms with Crippen molar-refractivity contribution in [1.29, 1.82) is 5.26 Å². The lowest BCUT2D eigenvalue weighted by atomic mass is 9.89. The molecule has 3 N–H and O–H groups in total. The smallest absolute Gasteiger partial charge is 0.204 e. The molecule has 1 aliphatic rings. The van der Waals surface area contributed by atoms with Crippen LogP contribution >= 0.6 is 0 Å². The number of nitrogens with zero attached hydrogens (tertiary/aromatic N) is 3. The Balaban J connectivity index is 1.75. The predicted octanol–water partition coefficient (Wildman–Crippen LogP) is 0.727. The Morgan fingerprint density at radius 3 is 2.65 bits per heavy atom. The number of nitriles is 1. The predicted molar refractivity (Wildman–Crippen MR) is 96.0 cm³/mol. The minimum absolute atomic E-state index is 0.0539. The maximum absolute atomic E-state index is 13.0. The summed E-state index contributed by atoms with van der Waals surface area (Å²) in [6, 6.07) is 5.67. The summed E-state index contributed by atoms with van der Waals surface area (Å²) < 4.78 is 13.0. The molecule has 2 rings (SSSR count). The van der Waals surface area contributed by atoms with Crippen LogP contribution in [-0.2, 0) is 0 Å². The van der Waals surface area contributed by atoms with Gasteiger partial charge in [-0.15, -0.1) is 0 Å². The third-order valence-corrected chi connectivity index (χ3v) is 4.46. The standard InChI is InChI=1S/C18H24FN5O2/c1-21-18(23-12-20)22-10-16(25)11-24-8-6-14(7-9-24)17(26)13-2-4-15(19)5-3-13/h2-5,14,16,25H,6-11H2,1H3,(H2,21,22,23). The molecule has 7 nitrogen and oxygen atoms in total. The Bertz CT molecular complexity index is 663. The highest BCUT2D eigenvalue weighted by molar-refractivity contribution is 5.97. The van der Waals surface area contributed by atoms with Crippen LogP contribution in [0, 0.1) is 23.2 Å². The molecule has 140 valence electrons. The summed E-state index contributed by atoms with van der Waals surface area (Å²) in [4.78, 5) is 18.4. The van der Waals surface area contributed by atoms with Gasteiger partial charge >= 0.3 is 0 Å². The second kappa shape index (κ2) is 9.85. The normalized spacial score (nSPS) is 17.4. The Morgan fingerprint density at radius 2 is 2.08 bits per heavy atom. The fourth-order valence-electron chi connectivity index (χ4n) is 3.04. The van der Waals surface area contributed by atoms with Gasteiger partial charge in [-0.2, -0.15) is 5.26 Å². The average molecular weight is 361 g/mol. The lowest BCUT2D eigenvalue weighted by molar-refractivity contribution is 0.0736. The zero-order valence-corrected chi connectivity index (χ0v) is 14.8. The van der Waals surface area contributed by atoms with Crippen molar-refractivity contribution in [1.82, 2.24) is 15.5 Å². The summed E-state index contributed by atoms with van der Waals surface area (Å²) in [7, 11) is 1.54. The quantitative estimate of drug-likeness (QED) is 0.227. The number of hydrogen-bond donors (Lipinski definition) is 3. The number of carbonyl (C=O) groups excluding carboxylic acids is 1. The van der Waals surface area contributed by atoms with Gasteiger partial charge in [-0.25, -0.2) is 4.39 Å². The van der Waals surface area contributed by atoms with E-state index in [9.17, 15) is 14.3 Å². The van der Waals surface area contributed by atoms with Crippen molar-refractivity contribution in [3.8, 4) is 6.19 Å². The van der Waals surface area contributed by atoms with E-state index in [1.807, 2.05) is 0 Å². The SMILES string of the molecule is CN=C(NC#N)NCC(O)CN1CCC(C(=O)c2ccc(F)cc2)CC1. The van der Waals surface area contributed by atoms with Crippen LogP contribution in [0.25, 0.3) is 0 Å². The van der Waals surface area contributed by atoms with Crippen LogP contribution in [0.1, 0.15) is 23.2 Å². The first-order chi connectivity index (χ1) is 12.5. The number of halogens is 1. The molecule has 0 aliphatic carbocycles. The minimum atomic E-state index is -0.614. The number of hydrogen-bond acceptors (Lipinski definition) is 5. The fraction of sp³-hybridized carbons (Fsp3) is 0.500. The van der Waals surface area contributed by atoms with Gasteiger partial charge in [0, 0.05) is 31.6 Å². The molecule has 1 saturated heterocycles. The van der Waals surface area contributed by atoms with Crippen molar-refractivity contribution in [3.63, 3.8) is 0 Å². The Hall–Kier alpha value is -2.50. The maximum atomic E-state index is 13.0. The van der Waals surface area contributed by atoms with Crippen LogP contribution < -0.4 is 10.6 Å². The van der Waals surface area contributed by atoms with Crippen molar-refractivity contribution in [2.24, 2.45) is 10.9 Å². The fourth-order valence-corrected chi connectivity index (χ4v) is 3.04. The number of nitrogens with one attached hydrogen (secondary N) is 2. The number of aliphatic hydroxyl groups is 1. The number of ketones is 1. The van der Waals surface area contributed by atoms with E-state index in [1.54, 1.807) is 13.2 Å². The van der Waals surface area contributed by atoms with Crippen molar-refractivity contribution < 1.29 is 14.3 Å². The third kappa shape index (κ3) is 5.79. The van der Waals surface area contributed by atoms with Gasteiger partial charge in [-0.1, -0.05) is 0 Å². The van der Waals surface area contributed by atoms with E-state index in [2.05, 4.69) is 20.5 Å². The van der Waals surface area contributed by atoms with Crippen LogP contribution in [0.4, 0.5) is 4.39 Å². The number of aliphatic imine (C=N–C) groups is 1. The zero-order chi connectivity index (χ0) is 18.9. The number of carbonyl (C=O) groups is 1. The molecule has 1 aliphatic heterocycles. The van der Waals surface area contributed by atoms with Crippen LogP contribution in [0.3, 0.4) is 0 Å². The van der Waals surface area contributed by atoms with Crippen LogP contribution in [0.15, 0.2) is 29.3 Å². The lowest BCUT2D eigenvalue weighted by Crippen LogP contribution is -2.45. The van der Waals surface area contributed by atoms with Gasteiger partial charge in [-0.3, -0.25) is 15.1 Å². The zero-order valence-electron chi connectivity index (χ0n) is 14.8. The topological polar surface area (TPSA) is 101 Å². The molecular weight excluding hydrogens is 337 g/mol. The van der Waals surface area contributed by atoms with Crippen molar-refractivity contribution in [2.45, 2.75) is 18.9 Å². The first kappa shape index (κ1) is 19.8. The summed E-state index contributed by atoms with van der Waals surface area (Å²) in [5.74, 6) is -0.0424. The first-order valence-corrected chi connectivity index (χ1v) is 8.59. The summed E-state index contributed by atoms with van der Waals surface area (Å²) in [5.41, 5.74) is 0.547. The average Bonchev–Trinajstić information content (AvgIpc) is 2.66. The molecule has 26 heavy (non-hydrogen) atoms. The number of aliphatic hydroxyl groups excluding tert-OH is 1. The maximum Gasteiger partial charge on any atom is 0.204 e. The Labute approximate surface area is 152 Å². The number of β-amino-alcohol motifs (C(OH)–C–C–N with tert-alkyl or cyclic N) is 1. The van der Waals surface area contributed by atoms with Crippen molar-refractivity contribution in [3.05, 3.63) is 35.6 Å². The van der Waals surface area contributed by atoms with E-state index in [-0.39, 0.29) is 24.1 Å². The van der Waals surface area contributed by atoms with Gasteiger partial charge in [0.2, 0.25) is 5.96 Å². The van der Waals surface area contributed by atoms with Crippen LogP contribution in [-0.4, -0.2) is 61.1 Å². The van der Waals surface area contributed by atoms with E-state index < -0.39 is 6.10 Å². The van der Waals surface area contributed by atoms with E-state index in [4.69, 9.17) is 5.26 Å². The van der Waals surface area contributed by atoms with Crippen LogP contribution in [0.5, 0.6) is 0 Å². The number of Topliss-reactive ketones (excluding diaryl/α,β-unsaturated/α-hetero) is 1. The van der Waals surface area contributed by atoms with Crippen molar-refractivity contribution >= 4 is 11.7 Å². The van der Waals surface area contributed by atoms with E-state index in [0.717, 1.165) is 13.1 Å². The monoisotopic (exact) mass is 361 g/mol.